The Labute approximate surface area is 176 Å². The van der Waals surface area contributed by atoms with E-state index in [4.69, 9.17) is 16.0 Å². The second-order valence-electron chi connectivity index (χ2n) is 8.03. The van der Waals surface area contributed by atoms with Crippen LogP contribution in [0.15, 0.2) is 47.1 Å². The highest BCUT2D eigenvalue weighted by Gasteiger charge is 2.30. The summed E-state index contributed by atoms with van der Waals surface area (Å²) in [6, 6.07) is 8.99. The average Bonchev–Trinajstić information content (AvgIpc) is 3.19. The molecule has 2 heterocycles. The molecule has 1 aliphatic heterocycles. The molecule has 0 spiro atoms. The number of piperazine rings is 1. The van der Waals surface area contributed by atoms with Crippen molar-refractivity contribution in [1.82, 2.24) is 4.90 Å². The summed E-state index contributed by atoms with van der Waals surface area (Å²) in [6.45, 7) is 8.60. The van der Waals surface area contributed by atoms with Gasteiger partial charge in [0.1, 0.15) is 5.76 Å². The van der Waals surface area contributed by atoms with Gasteiger partial charge in [0.25, 0.3) is 0 Å². The summed E-state index contributed by atoms with van der Waals surface area (Å²) < 4.78 is 5.16. The molecule has 1 N–H and O–H groups in total. The van der Waals surface area contributed by atoms with Crippen LogP contribution in [0.5, 0.6) is 0 Å². The van der Waals surface area contributed by atoms with Gasteiger partial charge in [0.05, 0.1) is 17.0 Å². The Kier molecular flexibility index (Phi) is 6.33. The maximum atomic E-state index is 12.4. The van der Waals surface area contributed by atoms with Gasteiger partial charge in [-0.3, -0.25) is 9.59 Å². The molecule has 1 aromatic carbocycles. The quantitative estimate of drug-likeness (QED) is 0.757. The van der Waals surface area contributed by atoms with Crippen molar-refractivity contribution in [2.45, 2.75) is 20.8 Å². The van der Waals surface area contributed by atoms with Gasteiger partial charge in [-0.15, -0.1) is 0 Å². The van der Waals surface area contributed by atoms with Crippen molar-refractivity contribution >= 4 is 40.9 Å². The lowest BCUT2D eigenvalue weighted by Crippen LogP contribution is -2.51. The Morgan fingerprint density at radius 1 is 1.14 bits per heavy atom. The number of hydrogen-bond donors (Lipinski definition) is 1. The zero-order valence-corrected chi connectivity index (χ0v) is 17.7. The lowest BCUT2D eigenvalue weighted by atomic mass is 9.94. The third kappa shape index (κ3) is 5.41. The second kappa shape index (κ2) is 8.74. The monoisotopic (exact) mass is 415 g/mol. The highest BCUT2D eigenvalue weighted by molar-refractivity contribution is 6.33. The molecular formula is C22H26ClN3O3. The first-order valence-corrected chi connectivity index (χ1v) is 9.98. The Morgan fingerprint density at radius 2 is 1.86 bits per heavy atom. The number of amides is 2. The van der Waals surface area contributed by atoms with Crippen LogP contribution in [-0.2, 0) is 9.59 Å². The first-order chi connectivity index (χ1) is 13.7. The van der Waals surface area contributed by atoms with Crippen LogP contribution in [-0.4, -0.2) is 42.9 Å². The van der Waals surface area contributed by atoms with Crippen molar-refractivity contribution < 1.29 is 14.0 Å². The van der Waals surface area contributed by atoms with E-state index in [0.29, 0.717) is 29.6 Å². The fourth-order valence-corrected chi connectivity index (χ4v) is 3.49. The number of nitrogens with one attached hydrogen (secondary N) is 1. The molecule has 1 fully saturated rings. The van der Waals surface area contributed by atoms with E-state index in [2.05, 4.69) is 10.2 Å². The summed E-state index contributed by atoms with van der Waals surface area (Å²) in [5.41, 5.74) is 1.15. The summed E-state index contributed by atoms with van der Waals surface area (Å²) in [7, 11) is 0. The van der Waals surface area contributed by atoms with Gasteiger partial charge in [0.15, 0.2) is 0 Å². The van der Waals surface area contributed by atoms with E-state index in [-0.39, 0.29) is 17.2 Å². The summed E-state index contributed by atoms with van der Waals surface area (Å²) >= 11 is 6.47. The minimum Gasteiger partial charge on any atom is -0.465 e. The van der Waals surface area contributed by atoms with Crippen LogP contribution in [0.1, 0.15) is 26.5 Å². The summed E-state index contributed by atoms with van der Waals surface area (Å²) in [4.78, 5) is 28.6. The first-order valence-electron chi connectivity index (χ1n) is 9.60. The van der Waals surface area contributed by atoms with Crippen LogP contribution >= 0.6 is 11.6 Å². The molecule has 1 aliphatic rings. The topological polar surface area (TPSA) is 65.8 Å². The lowest BCUT2D eigenvalue weighted by molar-refractivity contribution is -0.139. The van der Waals surface area contributed by atoms with Crippen LogP contribution in [0.2, 0.25) is 5.02 Å². The standard InChI is InChI=1S/C22H26ClN3O3/c1-22(2,3)21(28)26-12-10-25(11-13-26)19-8-6-16(15-18(19)23)24-20(27)9-7-17-5-4-14-29-17/h4-9,14-15H,10-13H2,1-3H3,(H,24,27)/b9-7+. The lowest BCUT2D eigenvalue weighted by Gasteiger charge is -2.39. The van der Waals surface area contributed by atoms with Gasteiger partial charge in [-0.2, -0.15) is 0 Å². The number of halogens is 1. The molecule has 0 saturated carbocycles. The van der Waals surface area contributed by atoms with Crippen LogP contribution in [0, 0.1) is 5.41 Å². The largest absolute Gasteiger partial charge is 0.465 e. The SMILES string of the molecule is CC(C)(C)C(=O)N1CCN(c2ccc(NC(=O)/C=C/c3ccco3)cc2Cl)CC1. The number of carbonyl (C=O) groups excluding carboxylic acids is 2. The first kappa shape index (κ1) is 21.0. The van der Waals surface area contributed by atoms with E-state index >= 15 is 0 Å². The van der Waals surface area contributed by atoms with E-state index in [0.717, 1.165) is 18.8 Å². The molecule has 154 valence electrons. The highest BCUT2D eigenvalue weighted by Crippen LogP contribution is 2.30. The molecule has 0 radical (unpaired) electrons. The molecule has 2 aromatic rings. The molecule has 0 atom stereocenters. The van der Waals surface area contributed by atoms with Crippen LogP contribution in [0.3, 0.4) is 0 Å². The number of anilines is 2. The molecule has 1 saturated heterocycles. The normalized spacial score (nSPS) is 15.0. The van der Waals surface area contributed by atoms with Crippen molar-refractivity contribution in [2.75, 3.05) is 36.4 Å². The third-order valence-corrected chi connectivity index (χ3v) is 5.01. The Balaban J connectivity index is 1.59. The highest BCUT2D eigenvalue weighted by atomic mass is 35.5. The predicted molar refractivity (Wildman–Crippen MR) is 116 cm³/mol. The molecule has 2 amide bonds. The molecule has 7 heteroatoms. The number of furan rings is 1. The molecule has 0 unspecified atom stereocenters. The van der Waals surface area contributed by atoms with E-state index in [9.17, 15) is 9.59 Å². The van der Waals surface area contributed by atoms with Crippen molar-refractivity contribution in [1.29, 1.82) is 0 Å². The van der Waals surface area contributed by atoms with Crippen LogP contribution < -0.4 is 10.2 Å². The fourth-order valence-electron chi connectivity index (χ4n) is 3.19. The number of nitrogens with zero attached hydrogens (tertiary/aromatic N) is 2. The summed E-state index contributed by atoms with van der Waals surface area (Å²) in [5.74, 6) is 0.515. The average molecular weight is 416 g/mol. The van der Waals surface area contributed by atoms with Gasteiger partial charge in [0.2, 0.25) is 11.8 Å². The van der Waals surface area contributed by atoms with E-state index < -0.39 is 0 Å². The number of carbonyl (C=O) groups is 2. The van der Waals surface area contributed by atoms with Gasteiger partial charge < -0.3 is 19.5 Å². The second-order valence-corrected chi connectivity index (χ2v) is 8.44. The van der Waals surface area contributed by atoms with Gasteiger partial charge in [-0.05, 0) is 36.4 Å². The van der Waals surface area contributed by atoms with E-state index in [1.54, 1.807) is 30.5 Å². The Morgan fingerprint density at radius 3 is 2.45 bits per heavy atom. The minimum atomic E-state index is -0.370. The van der Waals surface area contributed by atoms with Gasteiger partial charge in [0, 0.05) is 43.4 Å². The summed E-state index contributed by atoms with van der Waals surface area (Å²) in [5, 5.41) is 3.35. The molecular weight excluding hydrogens is 390 g/mol. The molecule has 6 nitrogen and oxygen atoms in total. The van der Waals surface area contributed by atoms with Crippen LogP contribution in [0.4, 0.5) is 11.4 Å². The third-order valence-electron chi connectivity index (χ3n) is 4.71. The minimum absolute atomic E-state index is 0.170. The molecule has 29 heavy (non-hydrogen) atoms. The van der Waals surface area contributed by atoms with Crippen molar-refractivity contribution in [3.63, 3.8) is 0 Å². The van der Waals surface area contributed by atoms with Crippen LogP contribution in [0.25, 0.3) is 6.08 Å². The summed E-state index contributed by atoms with van der Waals surface area (Å²) in [6.07, 6.45) is 4.56. The van der Waals surface area contributed by atoms with E-state index in [1.807, 2.05) is 37.8 Å². The number of hydrogen-bond acceptors (Lipinski definition) is 4. The maximum Gasteiger partial charge on any atom is 0.248 e. The zero-order valence-electron chi connectivity index (χ0n) is 16.9. The molecule has 3 rings (SSSR count). The van der Waals surface area contributed by atoms with Crippen molar-refractivity contribution in [3.8, 4) is 0 Å². The maximum absolute atomic E-state index is 12.4. The molecule has 0 aliphatic carbocycles. The number of benzene rings is 1. The molecule has 1 aromatic heterocycles. The predicted octanol–water partition coefficient (Wildman–Crippen LogP) is 4.28. The Hall–Kier alpha value is -2.73. The van der Waals surface area contributed by atoms with Gasteiger partial charge in [-0.25, -0.2) is 0 Å². The fraction of sp³-hybridized carbons (Fsp3) is 0.364. The number of rotatable bonds is 4. The van der Waals surface area contributed by atoms with Gasteiger partial charge >= 0.3 is 0 Å². The van der Waals surface area contributed by atoms with E-state index in [1.165, 1.54) is 6.08 Å². The zero-order chi connectivity index (χ0) is 21.0. The van der Waals surface area contributed by atoms with Crippen molar-refractivity contribution in [2.24, 2.45) is 5.41 Å². The van der Waals surface area contributed by atoms with Crippen molar-refractivity contribution in [3.05, 3.63) is 53.5 Å². The Bertz CT molecular complexity index is 893. The van der Waals surface area contributed by atoms with Gasteiger partial charge in [-0.1, -0.05) is 32.4 Å². The smallest absolute Gasteiger partial charge is 0.248 e. The molecule has 0 bridgehead atoms.